The fourth-order valence-electron chi connectivity index (χ4n) is 5.75. The molecule has 5 rings (SSSR count). The van der Waals surface area contributed by atoms with E-state index >= 15 is 0 Å². The molecule has 2 aliphatic heterocycles. The van der Waals surface area contributed by atoms with Crippen molar-refractivity contribution < 1.29 is 25.1 Å². The Bertz CT molecular complexity index is 1160. The van der Waals surface area contributed by atoms with E-state index in [-0.39, 0.29) is 24.4 Å². The van der Waals surface area contributed by atoms with Crippen LogP contribution in [-0.2, 0) is 44.9 Å². The average molecular weight is 681 g/mol. The van der Waals surface area contributed by atoms with E-state index in [1.54, 1.807) is 0 Å². The number of hydrogen-bond acceptors (Lipinski definition) is 6. The molecular formula is C35H46O6Sn. The van der Waals surface area contributed by atoms with E-state index in [1.807, 2.05) is 54.6 Å². The minimum absolute atomic E-state index is 0.250. The minimum atomic E-state index is -3.31. The van der Waals surface area contributed by atoms with Gasteiger partial charge in [0.25, 0.3) is 0 Å². The summed E-state index contributed by atoms with van der Waals surface area (Å²) >= 11 is -3.31. The van der Waals surface area contributed by atoms with Crippen LogP contribution in [0.3, 0.4) is 0 Å². The molecule has 2 heterocycles. The molecule has 2 saturated heterocycles. The SMILES string of the molecule is CCC[CH2][Sn]1([CH2]CCC)[O][C@H]2O[C@H]([C@@H](COCc3ccccc3)OCc3ccccc3)[C@H](OCc3ccccc3)[C@H]2[O]1. The normalized spacial score (nSPS) is 23.6. The van der Waals surface area contributed by atoms with Gasteiger partial charge in [0.15, 0.2) is 0 Å². The number of benzene rings is 3. The fourth-order valence-corrected chi connectivity index (χ4v) is 16.9. The van der Waals surface area contributed by atoms with Crippen molar-refractivity contribution in [2.45, 2.75) is 98.9 Å². The monoisotopic (exact) mass is 682 g/mol. The van der Waals surface area contributed by atoms with Crippen LogP contribution in [0.4, 0.5) is 0 Å². The molecule has 5 atom stereocenters. The van der Waals surface area contributed by atoms with Crippen LogP contribution in [0.5, 0.6) is 0 Å². The van der Waals surface area contributed by atoms with E-state index < -0.39 is 25.5 Å². The van der Waals surface area contributed by atoms with E-state index in [2.05, 4.69) is 50.2 Å². The number of hydrogen-bond donors (Lipinski definition) is 0. The third-order valence-corrected chi connectivity index (χ3v) is 18.3. The summed E-state index contributed by atoms with van der Waals surface area (Å²) in [5, 5.41) is 0. The Morgan fingerprint density at radius 3 is 1.81 bits per heavy atom. The second-order valence-corrected chi connectivity index (χ2v) is 20.8. The van der Waals surface area contributed by atoms with Crippen LogP contribution in [-0.4, -0.2) is 56.5 Å². The van der Waals surface area contributed by atoms with Gasteiger partial charge < -0.3 is 0 Å². The van der Waals surface area contributed by atoms with Crippen LogP contribution in [0, 0.1) is 0 Å². The van der Waals surface area contributed by atoms with Gasteiger partial charge in [0.1, 0.15) is 0 Å². The molecular weight excluding hydrogens is 635 g/mol. The third-order valence-electron chi connectivity index (χ3n) is 8.06. The van der Waals surface area contributed by atoms with Gasteiger partial charge in [0.05, 0.1) is 0 Å². The first-order valence-electron chi connectivity index (χ1n) is 15.6. The second kappa shape index (κ2) is 16.3. The van der Waals surface area contributed by atoms with Crippen LogP contribution in [0.1, 0.15) is 56.2 Å². The second-order valence-electron chi connectivity index (χ2n) is 11.4. The molecule has 0 bridgehead atoms. The molecule has 0 spiro atoms. The molecule has 3 aromatic carbocycles. The average Bonchev–Trinajstić information content (AvgIpc) is 3.56. The van der Waals surface area contributed by atoms with Crippen molar-refractivity contribution in [1.29, 1.82) is 0 Å². The molecule has 42 heavy (non-hydrogen) atoms. The van der Waals surface area contributed by atoms with E-state index in [9.17, 15) is 0 Å². The van der Waals surface area contributed by atoms with Crippen molar-refractivity contribution in [2.24, 2.45) is 0 Å². The van der Waals surface area contributed by atoms with E-state index in [0.717, 1.165) is 51.2 Å². The molecule has 0 amide bonds. The van der Waals surface area contributed by atoms with Gasteiger partial charge in [-0.25, -0.2) is 0 Å². The van der Waals surface area contributed by atoms with Crippen LogP contribution in [0.25, 0.3) is 0 Å². The Hall–Kier alpha value is -1.78. The van der Waals surface area contributed by atoms with Crippen molar-refractivity contribution >= 4 is 19.2 Å². The Kier molecular flexibility index (Phi) is 12.3. The summed E-state index contributed by atoms with van der Waals surface area (Å²) in [5.74, 6) is 0. The maximum atomic E-state index is 7.04. The topological polar surface area (TPSA) is 55.4 Å². The summed E-state index contributed by atoms with van der Waals surface area (Å²) in [4.78, 5) is 0. The summed E-state index contributed by atoms with van der Waals surface area (Å²) in [6.07, 6.45) is 2.81. The summed E-state index contributed by atoms with van der Waals surface area (Å²) in [7, 11) is 0. The zero-order chi connectivity index (χ0) is 29.0. The van der Waals surface area contributed by atoms with Crippen LogP contribution < -0.4 is 0 Å². The Morgan fingerprint density at radius 1 is 0.690 bits per heavy atom. The first kappa shape index (κ1) is 31.6. The van der Waals surface area contributed by atoms with Crippen LogP contribution in [0.15, 0.2) is 91.0 Å². The molecule has 0 radical (unpaired) electrons. The quantitative estimate of drug-likeness (QED) is 0.137. The molecule has 2 fully saturated rings. The molecule has 0 N–H and O–H groups in total. The maximum absolute atomic E-state index is 7.04. The van der Waals surface area contributed by atoms with Crippen LogP contribution in [0.2, 0.25) is 8.87 Å². The van der Waals surface area contributed by atoms with E-state index in [4.69, 9.17) is 25.1 Å². The van der Waals surface area contributed by atoms with Gasteiger partial charge in [0, 0.05) is 0 Å². The number of unbranched alkanes of at least 4 members (excludes halogenated alkanes) is 2. The van der Waals surface area contributed by atoms with E-state index in [0.29, 0.717) is 26.4 Å². The molecule has 0 saturated carbocycles. The molecule has 6 nitrogen and oxygen atoms in total. The summed E-state index contributed by atoms with van der Waals surface area (Å²) < 4.78 is 42.2. The van der Waals surface area contributed by atoms with Crippen molar-refractivity contribution in [2.75, 3.05) is 6.61 Å². The molecule has 226 valence electrons. The van der Waals surface area contributed by atoms with Gasteiger partial charge in [-0.1, -0.05) is 0 Å². The van der Waals surface area contributed by atoms with Gasteiger partial charge in [-0.3, -0.25) is 0 Å². The zero-order valence-corrected chi connectivity index (χ0v) is 27.9. The summed E-state index contributed by atoms with van der Waals surface area (Å²) in [6, 6.07) is 30.7. The first-order chi connectivity index (χ1) is 20.7. The number of fused-ring (bicyclic) bond motifs is 1. The summed E-state index contributed by atoms with van der Waals surface area (Å²) in [5.41, 5.74) is 3.34. The zero-order valence-electron chi connectivity index (χ0n) is 25.1. The predicted molar refractivity (Wildman–Crippen MR) is 166 cm³/mol. The van der Waals surface area contributed by atoms with Gasteiger partial charge in [-0.05, 0) is 0 Å². The standard InChI is InChI=1S/C27H28O6.2C4H9.Sn/c28-24-26(32-18-22-14-8-3-9-15-22)25(33-27(24)29)23(31-17-21-12-6-2-7-13-21)19-30-16-20-10-4-1-5-11-20;2*1-3-4-2;/h1-15,23-27H,16-19H2;2*1,3-4H2,2H3;/q-2;;;+2/t23-,24-,25-,26-,27+;;;/m1.../s1. The fraction of sp³-hybridized carbons (Fsp3) is 0.486. The van der Waals surface area contributed by atoms with Crippen LogP contribution >= 0.6 is 0 Å². The Morgan fingerprint density at radius 2 is 1.24 bits per heavy atom. The molecule has 2 aliphatic rings. The molecule has 3 aromatic rings. The Balaban J connectivity index is 1.35. The van der Waals surface area contributed by atoms with Crippen molar-refractivity contribution in [3.63, 3.8) is 0 Å². The summed E-state index contributed by atoms with van der Waals surface area (Å²) in [6.45, 7) is 6.27. The third kappa shape index (κ3) is 8.65. The van der Waals surface area contributed by atoms with Gasteiger partial charge in [0.2, 0.25) is 0 Å². The number of ether oxygens (including phenoxy) is 4. The van der Waals surface area contributed by atoms with Gasteiger partial charge in [-0.2, -0.15) is 0 Å². The van der Waals surface area contributed by atoms with E-state index in [1.165, 1.54) is 0 Å². The van der Waals surface area contributed by atoms with Gasteiger partial charge in [-0.15, -0.1) is 0 Å². The van der Waals surface area contributed by atoms with Crippen molar-refractivity contribution in [3.8, 4) is 0 Å². The molecule has 7 heteroatoms. The number of rotatable bonds is 17. The first-order valence-corrected chi connectivity index (χ1v) is 22.0. The van der Waals surface area contributed by atoms with Crippen molar-refractivity contribution in [1.82, 2.24) is 0 Å². The molecule has 0 aromatic heterocycles. The predicted octanol–water partition coefficient (Wildman–Crippen LogP) is 7.56. The molecule has 0 unspecified atom stereocenters. The molecule has 0 aliphatic carbocycles. The van der Waals surface area contributed by atoms with Crippen molar-refractivity contribution in [3.05, 3.63) is 108 Å². The Labute approximate surface area is 256 Å². The van der Waals surface area contributed by atoms with Gasteiger partial charge >= 0.3 is 258 Å².